The molecule has 0 radical (unpaired) electrons. The first-order valence-electron chi connectivity index (χ1n) is 4.30. The van der Waals surface area contributed by atoms with E-state index in [4.69, 9.17) is 5.73 Å². The normalized spacial score (nSPS) is 14.3. The quantitative estimate of drug-likeness (QED) is 0.834. The lowest BCUT2D eigenvalue weighted by molar-refractivity contribution is -0.143. The van der Waals surface area contributed by atoms with Crippen molar-refractivity contribution in [2.45, 2.75) is 19.0 Å². The number of halogens is 3. The molecule has 80 valence electrons. The molecule has 1 unspecified atom stereocenters. The number of hydrogen-bond acceptors (Lipinski definition) is 2. The standard InChI is InChI=1S/C9H12F3NS/c10-9(11,12)5-7(6-13)4-8-2-1-3-14-8/h1-3,7H,4-6,13H2. The van der Waals surface area contributed by atoms with Crippen LogP contribution < -0.4 is 5.73 Å². The molecule has 0 saturated heterocycles. The lowest BCUT2D eigenvalue weighted by Crippen LogP contribution is -2.23. The van der Waals surface area contributed by atoms with Gasteiger partial charge in [0.05, 0.1) is 0 Å². The van der Waals surface area contributed by atoms with E-state index in [1.807, 2.05) is 17.5 Å². The van der Waals surface area contributed by atoms with Gasteiger partial charge in [-0.05, 0) is 30.3 Å². The SMILES string of the molecule is NCC(Cc1cccs1)CC(F)(F)F. The Hall–Kier alpha value is -0.550. The second-order valence-corrected chi connectivity index (χ2v) is 4.24. The Morgan fingerprint density at radius 1 is 1.43 bits per heavy atom. The van der Waals surface area contributed by atoms with E-state index >= 15 is 0 Å². The third-order valence-electron chi connectivity index (χ3n) is 1.92. The largest absolute Gasteiger partial charge is 0.389 e. The molecule has 0 amide bonds. The van der Waals surface area contributed by atoms with Crippen molar-refractivity contribution in [2.75, 3.05) is 6.54 Å². The molecule has 1 atom stereocenters. The first-order chi connectivity index (χ1) is 6.51. The third-order valence-corrected chi connectivity index (χ3v) is 2.82. The molecule has 2 N–H and O–H groups in total. The summed E-state index contributed by atoms with van der Waals surface area (Å²) in [4.78, 5) is 0.963. The van der Waals surface area contributed by atoms with Crippen LogP contribution in [0.25, 0.3) is 0 Å². The van der Waals surface area contributed by atoms with Gasteiger partial charge in [-0.25, -0.2) is 0 Å². The van der Waals surface area contributed by atoms with Gasteiger partial charge in [0, 0.05) is 11.3 Å². The van der Waals surface area contributed by atoms with Crippen LogP contribution in [0.5, 0.6) is 0 Å². The van der Waals surface area contributed by atoms with Crippen molar-refractivity contribution in [2.24, 2.45) is 11.7 Å². The van der Waals surface area contributed by atoms with Crippen LogP contribution in [-0.2, 0) is 6.42 Å². The highest BCUT2D eigenvalue weighted by Gasteiger charge is 2.31. The van der Waals surface area contributed by atoms with Crippen LogP contribution in [0.1, 0.15) is 11.3 Å². The summed E-state index contributed by atoms with van der Waals surface area (Å²) in [7, 11) is 0. The molecule has 0 spiro atoms. The molecule has 0 bridgehead atoms. The highest BCUT2D eigenvalue weighted by Crippen LogP contribution is 2.27. The minimum Gasteiger partial charge on any atom is -0.330 e. The van der Waals surface area contributed by atoms with Crippen LogP contribution in [0.3, 0.4) is 0 Å². The van der Waals surface area contributed by atoms with Crippen LogP contribution in [0.15, 0.2) is 17.5 Å². The van der Waals surface area contributed by atoms with E-state index in [1.54, 1.807) is 0 Å². The highest BCUT2D eigenvalue weighted by molar-refractivity contribution is 7.09. The molecular formula is C9H12F3NS. The van der Waals surface area contributed by atoms with Gasteiger partial charge in [0.2, 0.25) is 0 Å². The first-order valence-corrected chi connectivity index (χ1v) is 5.18. The molecular weight excluding hydrogens is 211 g/mol. The maximum absolute atomic E-state index is 12.1. The fourth-order valence-electron chi connectivity index (χ4n) is 1.28. The number of nitrogens with two attached hydrogens (primary N) is 1. The van der Waals surface area contributed by atoms with Crippen molar-refractivity contribution in [3.63, 3.8) is 0 Å². The Labute approximate surface area is 84.7 Å². The minimum absolute atomic E-state index is 0.0808. The van der Waals surface area contributed by atoms with E-state index in [0.29, 0.717) is 6.42 Å². The predicted molar refractivity (Wildman–Crippen MR) is 51.2 cm³/mol. The van der Waals surface area contributed by atoms with Crippen molar-refractivity contribution in [3.05, 3.63) is 22.4 Å². The summed E-state index contributed by atoms with van der Waals surface area (Å²) in [6, 6.07) is 3.67. The second-order valence-electron chi connectivity index (χ2n) is 3.20. The molecule has 1 nitrogen and oxygen atoms in total. The van der Waals surface area contributed by atoms with E-state index in [-0.39, 0.29) is 6.54 Å². The Kier molecular flexibility index (Phi) is 3.95. The van der Waals surface area contributed by atoms with Gasteiger partial charge in [0.1, 0.15) is 0 Å². The van der Waals surface area contributed by atoms with E-state index in [0.717, 1.165) is 4.88 Å². The van der Waals surface area contributed by atoms with Crippen molar-refractivity contribution >= 4 is 11.3 Å². The van der Waals surface area contributed by atoms with Gasteiger partial charge in [-0.15, -0.1) is 11.3 Å². The zero-order valence-corrected chi connectivity index (χ0v) is 8.37. The lowest BCUT2D eigenvalue weighted by Gasteiger charge is -2.15. The summed E-state index contributed by atoms with van der Waals surface area (Å²) in [5, 5.41) is 1.86. The first kappa shape index (κ1) is 11.5. The number of alkyl halides is 3. The van der Waals surface area contributed by atoms with E-state index in [1.165, 1.54) is 11.3 Å². The maximum atomic E-state index is 12.1. The topological polar surface area (TPSA) is 26.0 Å². The molecule has 0 aliphatic rings. The van der Waals surface area contributed by atoms with E-state index in [2.05, 4.69) is 0 Å². The maximum Gasteiger partial charge on any atom is 0.389 e. The van der Waals surface area contributed by atoms with E-state index < -0.39 is 18.5 Å². The summed E-state index contributed by atoms with van der Waals surface area (Å²) >= 11 is 1.47. The molecule has 0 aliphatic carbocycles. The fourth-order valence-corrected chi connectivity index (χ4v) is 2.10. The van der Waals surface area contributed by atoms with Gasteiger partial charge < -0.3 is 5.73 Å². The third kappa shape index (κ3) is 4.11. The molecule has 0 saturated carbocycles. The zero-order valence-electron chi connectivity index (χ0n) is 7.55. The van der Waals surface area contributed by atoms with Crippen LogP contribution in [0.4, 0.5) is 13.2 Å². The van der Waals surface area contributed by atoms with Gasteiger partial charge in [0.25, 0.3) is 0 Å². The van der Waals surface area contributed by atoms with Crippen molar-refractivity contribution < 1.29 is 13.2 Å². The summed E-state index contributed by atoms with van der Waals surface area (Å²) in [6.07, 6.45) is -4.48. The molecule has 14 heavy (non-hydrogen) atoms. The molecule has 0 fully saturated rings. The summed E-state index contributed by atoms with van der Waals surface area (Å²) in [6.45, 7) is 0.0808. The fraction of sp³-hybridized carbons (Fsp3) is 0.556. The molecule has 5 heteroatoms. The van der Waals surface area contributed by atoms with Crippen LogP contribution in [-0.4, -0.2) is 12.7 Å². The molecule has 0 aliphatic heterocycles. The van der Waals surface area contributed by atoms with Crippen LogP contribution in [0, 0.1) is 5.92 Å². The van der Waals surface area contributed by atoms with E-state index in [9.17, 15) is 13.2 Å². The van der Waals surface area contributed by atoms with Crippen LogP contribution >= 0.6 is 11.3 Å². The number of hydrogen-bond donors (Lipinski definition) is 1. The Balaban J connectivity index is 2.47. The summed E-state index contributed by atoms with van der Waals surface area (Å²) in [5.41, 5.74) is 5.30. The number of thiophene rings is 1. The Bertz CT molecular complexity index is 256. The average molecular weight is 223 g/mol. The van der Waals surface area contributed by atoms with Crippen LogP contribution in [0.2, 0.25) is 0 Å². The highest BCUT2D eigenvalue weighted by atomic mass is 32.1. The average Bonchev–Trinajstić information content (AvgIpc) is 2.53. The molecule has 1 rings (SSSR count). The van der Waals surface area contributed by atoms with Crippen molar-refractivity contribution in [1.29, 1.82) is 0 Å². The van der Waals surface area contributed by atoms with Gasteiger partial charge >= 0.3 is 6.18 Å². The molecule has 1 aromatic heterocycles. The van der Waals surface area contributed by atoms with Crippen molar-refractivity contribution in [1.82, 2.24) is 0 Å². The predicted octanol–water partition coefficient (Wildman–Crippen LogP) is 2.82. The van der Waals surface area contributed by atoms with Gasteiger partial charge in [-0.1, -0.05) is 6.07 Å². The summed E-state index contributed by atoms with van der Waals surface area (Å²) in [5.74, 6) is -0.492. The monoisotopic (exact) mass is 223 g/mol. The zero-order chi connectivity index (χ0) is 10.6. The smallest absolute Gasteiger partial charge is 0.330 e. The van der Waals surface area contributed by atoms with Gasteiger partial charge in [-0.3, -0.25) is 0 Å². The number of rotatable bonds is 4. The van der Waals surface area contributed by atoms with Crippen molar-refractivity contribution in [3.8, 4) is 0 Å². The second kappa shape index (κ2) is 4.79. The van der Waals surface area contributed by atoms with Gasteiger partial charge in [-0.2, -0.15) is 13.2 Å². The Morgan fingerprint density at radius 2 is 2.14 bits per heavy atom. The molecule has 1 heterocycles. The van der Waals surface area contributed by atoms with Gasteiger partial charge in [0.15, 0.2) is 0 Å². The Morgan fingerprint density at radius 3 is 2.57 bits per heavy atom. The molecule has 0 aromatic carbocycles. The minimum atomic E-state index is -4.11. The summed E-state index contributed by atoms with van der Waals surface area (Å²) < 4.78 is 36.2. The molecule has 1 aromatic rings. The lowest BCUT2D eigenvalue weighted by atomic mass is 10.0.